The SMILES string of the molecule is COc1c(NC(=O)C(F)(F)F)cc([N+](=O)[O-])c(C=O)c1Br. The van der Waals surface area contributed by atoms with E-state index in [0.717, 1.165) is 7.11 Å². The van der Waals surface area contributed by atoms with Gasteiger partial charge in [-0.2, -0.15) is 13.2 Å². The van der Waals surface area contributed by atoms with Crippen LogP contribution in [0.4, 0.5) is 24.5 Å². The number of rotatable bonds is 4. The molecule has 0 radical (unpaired) electrons. The molecule has 1 amide bonds. The van der Waals surface area contributed by atoms with Crippen LogP contribution in [0, 0.1) is 10.1 Å². The number of aldehydes is 1. The van der Waals surface area contributed by atoms with E-state index in [4.69, 9.17) is 4.74 Å². The van der Waals surface area contributed by atoms with E-state index in [1.54, 1.807) is 0 Å². The van der Waals surface area contributed by atoms with E-state index in [9.17, 15) is 32.9 Å². The maximum Gasteiger partial charge on any atom is 0.471 e. The van der Waals surface area contributed by atoms with Gasteiger partial charge in [0.1, 0.15) is 5.56 Å². The number of nitro benzene ring substituents is 1. The zero-order valence-corrected chi connectivity index (χ0v) is 11.7. The highest BCUT2D eigenvalue weighted by Gasteiger charge is 2.39. The van der Waals surface area contributed by atoms with Crippen LogP contribution in [0.3, 0.4) is 0 Å². The fourth-order valence-corrected chi connectivity index (χ4v) is 2.05. The van der Waals surface area contributed by atoms with Gasteiger partial charge in [0, 0.05) is 6.07 Å². The number of benzene rings is 1. The number of nitrogens with zero attached hydrogens (tertiary/aromatic N) is 1. The highest BCUT2D eigenvalue weighted by atomic mass is 79.9. The van der Waals surface area contributed by atoms with Gasteiger partial charge in [0.2, 0.25) is 0 Å². The monoisotopic (exact) mass is 370 g/mol. The van der Waals surface area contributed by atoms with Crippen LogP contribution in [-0.4, -0.2) is 30.4 Å². The normalized spacial score (nSPS) is 10.9. The van der Waals surface area contributed by atoms with Crippen LogP contribution in [0.2, 0.25) is 0 Å². The molecule has 1 N–H and O–H groups in total. The number of nitrogens with one attached hydrogen (secondary N) is 1. The molecule has 0 aliphatic rings. The Morgan fingerprint density at radius 2 is 2.10 bits per heavy atom. The van der Waals surface area contributed by atoms with Crippen molar-refractivity contribution in [2.45, 2.75) is 6.18 Å². The largest absolute Gasteiger partial charge is 0.493 e. The summed E-state index contributed by atoms with van der Waals surface area (Å²) in [5.74, 6) is -2.68. The lowest BCUT2D eigenvalue weighted by Gasteiger charge is -2.14. The minimum Gasteiger partial charge on any atom is -0.493 e. The molecule has 0 heterocycles. The van der Waals surface area contributed by atoms with Gasteiger partial charge in [0.15, 0.2) is 12.0 Å². The number of anilines is 1. The molecule has 0 saturated heterocycles. The van der Waals surface area contributed by atoms with E-state index >= 15 is 0 Å². The first-order valence-corrected chi connectivity index (χ1v) is 5.81. The highest BCUT2D eigenvalue weighted by molar-refractivity contribution is 9.10. The molecule has 0 aliphatic heterocycles. The molecule has 0 saturated carbocycles. The molecule has 114 valence electrons. The minimum absolute atomic E-state index is 0.139. The van der Waals surface area contributed by atoms with Crippen LogP contribution in [-0.2, 0) is 4.79 Å². The number of alkyl halides is 3. The topological polar surface area (TPSA) is 98.5 Å². The van der Waals surface area contributed by atoms with E-state index in [2.05, 4.69) is 15.9 Å². The summed E-state index contributed by atoms with van der Waals surface area (Å²) in [4.78, 5) is 31.6. The summed E-state index contributed by atoms with van der Waals surface area (Å²) in [6.45, 7) is 0. The Morgan fingerprint density at radius 1 is 1.52 bits per heavy atom. The number of methoxy groups -OCH3 is 1. The Balaban J connectivity index is 3.48. The third-order valence-corrected chi connectivity index (χ3v) is 3.05. The lowest BCUT2D eigenvalue weighted by atomic mass is 10.1. The number of carbonyl (C=O) groups excluding carboxylic acids is 2. The highest BCUT2D eigenvalue weighted by Crippen LogP contribution is 2.41. The smallest absolute Gasteiger partial charge is 0.471 e. The molecule has 21 heavy (non-hydrogen) atoms. The Kier molecular flexibility index (Phi) is 4.88. The lowest BCUT2D eigenvalue weighted by Crippen LogP contribution is -2.30. The number of amides is 1. The number of hydrogen-bond acceptors (Lipinski definition) is 5. The molecular formula is C10H6BrF3N2O5. The number of nitro groups is 1. The van der Waals surface area contributed by atoms with Crippen molar-refractivity contribution in [2.24, 2.45) is 0 Å². The Labute approximate surface area is 123 Å². The quantitative estimate of drug-likeness (QED) is 0.499. The summed E-state index contributed by atoms with van der Waals surface area (Å²) >= 11 is 2.82. The first-order chi connectivity index (χ1) is 9.63. The van der Waals surface area contributed by atoms with Crippen molar-refractivity contribution < 1.29 is 32.4 Å². The van der Waals surface area contributed by atoms with Crippen molar-refractivity contribution in [2.75, 3.05) is 12.4 Å². The number of ether oxygens (including phenoxy) is 1. The standard InChI is InChI=1S/C10H6BrF3N2O5/c1-21-8-5(15-9(18)10(12,13)14)2-6(16(19)20)4(3-17)7(8)11/h2-3H,1H3,(H,15,18). The average Bonchev–Trinajstić information content (AvgIpc) is 2.37. The van der Waals surface area contributed by atoms with Gasteiger partial charge in [-0.3, -0.25) is 19.7 Å². The molecule has 0 aliphatic carbocycles. The fraction of sp³-hybridized carbons (Fsp3) is 0.200. The van der Waals surface area contributed by atoms with E-state index < -0.39 is 33.9 Å². The van der Waals surface area contributed by atoms with Crippen LogP contribution < -0.4 is 10.1 Å². The summed E-state index contributed by atoms with van der Waals surface area (Å²) < 4.78 is 41.2. The van der Waals surface area contributed by atoms with Crippen LogP contribution in [0.25, 0.3) is 0 Å². The second-order valence-electron chi connectivity index (χ2n) is 3.53. The van der Waals surface area contributed by atoms with Gasteiger partial charge >= 0.3 is 12.1 Å². The Hall–Kier alpha value is -2.17. The van der Waals surface area contributed by atoms with Gasteiger partial charge in [-0.05, 0) is 15.9 Å². The third kappa shape index (κ3) is 3.48. The van der Waals surface area contributed by atoms with E-state index in [1.807, 2.05) is 0 Å². The van der Waals surface area contributed by atoms with E-state index in [1.165, 1.54) is 5.32 Å². The third-order valence-electron chi connectivity index (χ3n) is 2.26. The number of hydrogen-bond donors (Lipinski definition) is 1. The lowest BCUT2D eigenvalue weighted by molar-refractivity contribution is -0.385. The average molecular weight is 371 g/mol. The molecule has 11 heteroatoms. The van der Waals surface area contributed by atoms with Crippen LogP contribution in [0.5, 0.6) is 5.75 Å². The van der Waals surface area contributed by atoms with Gasteiger partial charge in [0.05, 0.1) is 22.2 Å². The summed E-state index contributed by atoms with van der Waals surface area (Å²) in [6, 6.07) is 0.608. The van der Waals surface area contributed by atoms with Crippen LogP contribution in [0.15, 0.2) is 10.5 Å². The molecule has 0 atom stereocenters. The van der Waals surface area contributed by atoms with Crippen molar-refractivity contribution in [3.8, 4) is 5.75 Å². The zero-order chi connectivity index (χ0) is 16.4. The molecule has 1 rings (SSSR count). The number of carbonyl (C=O) groups is 2. The van der Waals surface area contributed by atoms with Crippen molar-refractivity contribution in [1.29, 1.82) is 0 Å². The van der Waals surface area contributed by atoms with Crippen LogP contribution >= 0.6 is 15.9 Å². The fourth-order valence-electron chi connectivity index (χ4n) is 1.38. The Morgan fingerprint density at radius 3 is 2.48 bits per heavy atom. The molecule has 0 spiro atoms. The predicted molar refractivity (Wildman–Crippen MR) is 67.4 cm³/mol. The molecule has 0 fully saturated rings. The molecule has 0 aromatic heterocycles. The van der Waals surface area contributed by atoms with Gasteiger partial charge in [0.25, 0.3) is 5.69 Å². The second-order valence-corrected chi connectivity index (χ2v) is 4.32. The molecule has 0 bridgehead atoms. The summed E-state index contributed by atoms with van der Waals surface area (Å²) in [5.41, 5.74) is -1.80. The van der Waals surface area contributed by atoms with Gasteiger partial charge in [-0.15, -0.1) is 0 Å². The van der Waals surface area contributed by atoms with Crippen molar-refractivity contribution in [3.63, 3.8) is 0 Å². The van der Waals surface area contributed by atoms with Crippen molar-refractivity contribution >= 4 is 39.5 Å². The van der Waals surface area contributed by atoms with Crippen LogP contribution in [0.1, 0.15) is 10.4 Å². The van der Waals surface area contributed by atoms with Crippen molar-refractivity contribution in [1.82, 2.24) is 0 Å². The predicted octanol–water partition coefficient (Wildman–Crippen LogP) is 2.68. The minimum atomic E-state index is -5.18. The first kappa shape index (κ1) is 16.9. The second kappa shape index (κ2) is 6.08. The van der Waals surface area contributed by atoms with E-state index in [0.29, 0.717) is 6.07 Å². The zero-order valence-electron chi connectivity index (χ0n) is 10.2. The first-order valence-electron chi connectivity index (χ1n) is 5.01. The van der Waals surface area contributed by atoms with Gasteiger partial charge in [-0.25, -0.2) is 0 Å². The summed E-state index contributed by atoms with van der Waals surface area (Å²) in [5, 5.41) is 12.3. The molecular weight excluding hydrogens is 365 g/mol. The molecule has 1 aromatic rings. The maximum absolute atomic E-state index is 12.2. The van der Waals surface area contributed by atoms with E-state index in [-0.39, 0.29) is 16.5 Å². The van der Waals surface area contributed by atoms with Crippen molar-refractivity contribution in [3.05, 3.63) is 26.2 Å². The Bertz CT molecular complexity index is 618. The summed E-state index contributed by atoms with van der Waals surface area (Å²) in [7, 11) is 1.06. The van der Waals surface area contributed by atoms with Gasteiger partial charge in [-0.1, -0.05) is 0 Å². The molecule has 0 unspecified atom stereocenters. The maximum atomic E-state index is 12.2. The molecule has 7 nitrogen and oxygen atoms in total. The summed E-state index contributed by atoms with van der Waals surface area (Å²) in [6.07, 6.45) is -5.05. The van der Waals surface area contributed by atoms with Gasteiger partial charge < -0.3 is 10.1 Å². The number of halogens is 4. The molecule has 1 aromatic carbocycles.